The van der Waals surface area contributed by atoms with Crippen LogP contribution in [0.25, 0.3) is 0 Å². The van der Waals surface area contributed by atoms with E-state index in [1.807, 2.05) is 6.61 Å². The van der Waals surface area contributed by atoms with Gasteiger partial charge in [0, 0.05) is 32.8 Å². The van der Waals surface area contributed by atoms with Crippen LogP contribution in [0, 0.1) is 6.61 Å². The Kier molecular flexibility index (Phi) is 2.97. The Hall–Kier alpha value is -0.120. The molecular weight excluding hydrogens is 116 g/mol. The first-order chi connectivity index (χ1) is 4.43. The number of hydrogen-bond acceptors (Lipinski definition) is 3. The largest absolute Gasteiger partial charge is 0.377 e. The van der Waals surface area contributed by atoms with E-state index in [1.54, 1.807) is 7.11 Å². The Labute approximate surface area is 55.8 Å². The van der Waals surface area contributed by atoms with Crippen molar-refractivity contribution in [3.63, 3.8) is 0 Å². The lowest BCUT2D eigenvalue weighted by Gasteiger charge is -2.22. The second-order valence-electron chi connectivity index (χ2n) is 2.14. The zero-order valence-electron chi connectivity index (χ0n) is 5.68. The van der Waals surface area contributed by atoms with Crippen molar-refractivity contribution >= 4 is 0 Å². The van der Waals surface area contributed by atoms with E-state index in [2.05, 4.69) is 10.6 Å². The molecule has 3 heteroatoms. The van der Waals surface area contributed by atoms with E-state index >= 15 is 0 Å². The van der Waals surface area contributed by atoms with E-state index in [0.29, 0.717) is 6.04 Å². The summed E-state index contributed by atoms with van der Waals surface area (Å²) in [6, 6.07) is 0.392. The lowest BCUT2D eigenvalue weighted by Crippen LogP contribution is -2.48. The molecule has 1 aliphatic rings. The SMILES string of the molecule is CO[CH]C1CNCCN1. The molecule has 53 valence electrons. The maximum Gasteiger partial charge on any atom is 0.101 e. The molecule has 1 unspecified atom stereocenters. The van der Waals surface area contributed by atoms with E-state index in [9.17, 15) is 0 Å². The second-order valence-corrected chi connectivity index (χ2v) is 2.14. The minimum Gasteiger partial charge on any atom is -0.377 e. The number of piperazine rings is 1. The quantitative estimate of drug-likeness (QED) is 0.520. The molecule has 1 rings (SSSR count). The predicted molar refractivity (Wildman–Crippen MR) is 36.0 cm³/mol. The van der Waals surface area contributed by atoms with Crippen LogP contribution in [0.5, 0.6) is 0 Å². The third-order valence-corrected chi connectivity index (χ3v) is 1.37. The lowest BCUT2D eigenvalue weighted by molar-refractivity contribution is 0.228. The van der Waals surface area contributed by atoms with Crippen LogP contribution < -0.4 is 10.6 Å². The first kappa shape index (κ1) is 6.99. The Balaban J connectivity index is 2.08. The number of rotatable bonds is 2. The van der Waals surface area contributed by atoms with Crippen molar-refractivity contribution < 1.29 is 4.74 Å². The number of methoxy groups -OCH3 is 1. The average molecular weight is 129 g/mol. The van der Waals surface area contributed by atoms with Gasteiger partial charge >= 0.3 is 0 Å². The van der Waals surface area contributed by atoms with Crippen molar-refractivity contribution in [1.82, 2.24) is 10.6 Å². The number of ether oxygens (including phenoxy) is 1. The fraction of sp³-hybridized carbons (Fsp3) is 0.833. The standard InChI is InChI=1S/C6H13N2O/c1-9-5-6-4-7-2-3-8-6/h5-8H,2-4H2,1H3. The highest BCUT2D eigenvalue weighted by atomic mass is 16.5. The monoisotopic (exact) mass is 129 g/mol. The molecule has 0 saturated carbocycles. The van der Waals surface area contributed by atoms with E-state index in [4.69, 9.17) is 4.74 Å². The van der Waals surface area contributed by atoms with Crippen LogP contribution in [0.2, 0.25) is 0 Å². The first-order valence-corrected chi connectivity index (χ1v) is 3.23. The van der Waals surface area contributed by atoms with Crippen molar-refractivity contribution in [2.24, 2.45) is 0 Å². The fourth-order valence-electron chi connectivity index (χ4n) is 0.936. The number of nitrogens with one attached hydrogen (secondary N) is 2. The third-order valence-electron chi connectivity index (χ3n) is 1.37. The molecule has 3 nitrogen and oxygen atoms in total. The summed E-state index contributed by atoms with van der Waals surface area (Å²) >= 11 is 0. The van der Waals surface area contributed by atoms with Crippen LogP contribution in [0.1, 0.15) is 0 Å². The minimum atomic E-state index is 0.392. The molecule has 1 heterocycles. The molecular formula is C6H13N2O. The van der Waals surface area contributed by atoms with E-state index < -0.39 is 0 Å². The molecule has 0 aromatic rings. The summed E-state index contributed by atoms with van der Waals surface area (Å²) in [5.41, 5.74) is 0. The van der Waals surface area contributed by atoms with Gasteiger partial charge in [-0.15, -0.1) is 0 Å². The smallest absolute Gasteiger partial charge is 0.101 e. The molecule has 1 aliphatic heterocycles. The Bertz CT molecular complexity index is 68.7. The summed E-state index contributed by atoms with van der Waals surface area (Å²) in [5, 5.41) is 6.52. The average Bonchev–Trinajstić information content (AvgIpc) is 1.91. The third kappa shape index (κ3) is 2.30. The molecule has 0 aromatic carbocycles. The summed E-state index contributed by atoms with van der Waals surface area (Å²) in [5.74, 6) is 0. The van der Waals surface area contributed by atoms with Crippen LogP contribution in [-0.2, 0) is 4.74 Å². The molecule has 9 heavy (non-hydrogen) atoms. The normalized spacial score (nSPS) is 28.3. The highest BCUT2D eigenvalue weighted by Gasteiger charge is 2.10. The zero-order chi connectivity index (χ0) is 6.53. The van der Waals surface area contributed by atoms with Crippen molar-refractivity contribution in [1.29, 1.82) is 0 Å². The van der Waals surface area contributed by atoms with Crippen LogP contribution in [0.4, 0.5) is 0 Å². The van der Waals surface area contributed by atoms with E-state index in [1.165, 1.54) is 0 Å². The van der Waals surface area contributed by atoms with Gasteiger partial charge in [-0.3, -0.25) is 0 Å². The van der Waals surface area contributed by atoms with Crippen LogP contribution in [-0.4, -0.2) is 32.8 Å². The second kappa shape index (κ2) is 3.82. The highest BCUT2D eigenvalue weighted by Crippen LogP contribution is 1.91. The van der Waals surface area contributed by atoms with Crippen molar-refractivity contribution in [3.05, 3.63) is 6.61 Å². The molecule has 0 aromatic heterocycles. The van der Waals surface area contributed by atoms with Crippen LogP contribution in [0.3, 0.4) is 0 Å². The molecule has 0 spiro atoms. The maximum atomic E-state index is 4.85. The summed E-state index contributed by atoms with van der Waals surface area (Å²) in [6.45, 7) is 4.89. The Morgan fingerprint density at radius 1 is 1.56 bits per heavy atom. The molecule has 0 bridgehead atoms. The van der Waals surface area contributed by atoms with Gasteiger partial charge in [-0.05, 0) is 0 Å². The maximum absolute atomic E-state index is 4.85. The van der Waals surface area contributed by atoms with Crippen LogP contribution >= 0.6 is 0 Å². The van der Waals surface area contributed by atoms with E-state index in [0.717, 1.165) is 19.6 Å². The summed E-state index contributed by atoms with van der Waals surface area (Å²) in [7, 11) is 1.68. The highest BCUT2D eigenvalue weighted by molar-refractivity contribution is 4.81. The van der Waals surface area contributed by atoms with Gasteiger partial charge in [0.05, 0.1) is 0 Å². The van der Waals surface area contributed by atoms with Gasteiger partial charge in [-0.2, -0.15) is 0 Å². The van der Waals surface area contributed by atoms with Gasteiger partial charge in [0.15, 0.2) is 0 Å². The Morgan fingerprint density at radius 3 is 3.00 bits per heavy atom. The molecule has 1 fully saturated rings. The first-order valence-electron chi connectivity index (χ1n) is 3.23. The van der Waals surface area contributed by atoms with Gasteiger partial charge in [0.1, 0.15) is 6.61 Å². The molecule has 2 N–H and O–H groups in total. The lowest BCUT2D eigenvalue weighted by atomic mass is 10.2. The van der Waals surface area contributed by atoms with Crippen LogP contribution in [0.15, 0.2) is 0 Å². The molecule has 1 atom stereocenters. The molecule has 1 saturated heterocycles. The van der Waals surface area contributed by atoms with E-state index in [-0.39, 0.29) is 0 Å². The van der Waals surface area contributed by atoms with Gasteiger partial charge < -0.3 is 15.4 Å². The molecule has 0 amide bonds. The zero-order valence-corrected chi connectivity index (χ0v) is 5.68. The predicted octanol–water partition coefficient (Wildman–Crippen LogP) is -0.644. The van der Waals surface area contributed by atoms with Gasteiger partial charge in [0.25, 0.3) is 0 Å². The topological polar surface area (TPSA) is 33.3 Å². The minimum absolute atomic E-state index is 0.392. The summed E-state index contributed by atoms with van der Waals surface area (Å²) < 4.78 is 4.85. The summed E-state index contributed by atoms with van der Waals surface area (Å²) in [4.78, 5) is 0. The number of hydrogen-bond donors (Lipinski definition) is 2. The molecule has 0 aliphatic carbocycles. The van der Waals surface area contributed by atoms with Crippen molar-refractivity contribution in [3.8, 4) is 0 Å². The molecule has 1 radical (unpaired) electrons. The Morgan fingerprint density at radius 2 is 2.44 bits per heavy atom. The van der Waals surface area contributed by atoms with Crippen molar-refractivity contribution in [2.45, 2.75) is 6.04 Å². The van der Waals surface area contributed by atoms with Gasteiger partial charge in [-0.25, -0.2) is 0 Å². The summed E-state index contributed by atoms with van der Waals surface area (Å²) in [6.07, 6.45) is 0. The fourth-order valence-corrected chi connectivity index (χ4v) is 0.936. The van der Waals surface area contributed by atoms with Gasteiger partial charge in [-0.1, -0.05) is 0 Å². The van der Waals surface area contributed by atoms with Crippen molar-refractivity contribution in [2.75, 3.05) is 26.7 Å². The van der Waals surface area contributed by atoms with Gasteiger partial charge in [0.2, 0.25) is 0 Å².